The molecule has 1 N–H and O–H groups in total. The zero-order valence-electron chi connectivity index (χ0n) is 3.98. The van der Waals surface area contributed by atoms with Gasteiger partial charge in [0, 0.05) is 22.1 Å². The van der Waals surface area contributed by atoms with Crippen molar-refractivity contribution in [1.82, 2.24) is 5.32 Å². The van der Waals surface area contributed by atoms with E-state index in [9.17, 15) is 0 Å². The van der Waals surface area contributed by atoms with Gasteiger partial charge in [-0.15, -0.1) is 11.8 Å². The standard InChI is InChI=1S/C4H8INS/c5-1-4-2-6-3-7-4/h4,6H,1-3H2. The van der Waals surface area contributed by atoms with Crippen LogP contribution in [0.1, 0.15) is 0 Å². The molecular weight excluding hydrogens is 221 g/mol. The highest BCUT2D eigenvalue weighted by Gasteiger charge is 2.11. The zero-order valence-corrected chi connectivity index (χ0v) is 6.96. The molecule has 1 unspecified atom stereocenters. The molecule has 3 heteroatoms. The predicted octanol–water partition coefficient (Wildman–Crippen LogP) is 1.08. The van der Waals surface area contributed by atoms with E-state index in [1.807, 2.05) is 11.8 Å². The van der Waals surface area contributed by atoms with Gasteiger partial charge in [-0.1, -0.05) is 22.6 Å². The fourth-order valence-electron chi connectivity index (χ4n) is 0.555. The third-order valence-electron chi connectivity index (χ3n) is 0.965. The van der Waals surface area contributed by atoms with Gasteiger partial charge in [-0.05, 0) is 0 Å². The lowest BCUT2D eigenvalue weighted by molar-refractivity contribution is 0.822. The molecule has 1 heterocycles. The van der Waals surface area contributed by atoms with E-state index >= 15 is 0 Å². The molecule has 0 radical (unpaired) electrons. The lowest BCUT2D eigenvalue weighted by Gasteiger charge is -1.96. The molecule has 0 spiro atoms. The normalized spacial score (nSPS) is 31.3. The first-order valence-corrected chi connectivity index (χ1v) is 4.89. The van der Waals surface area contributed by atoms with Crippen LogP contribution < -0.4 is 5.32 Å². The van der Waals surface area contributed by atoms with Crippen LogP contribution in [0.5, 0.6) is 0 Å². The monoisotopic (exact) mass is 229 g/mol. The Bertz CT molecular complexity index is 53.7. The Morgan fingerprint density at radius 2 is 2.71 bits per heavy atom. The summed E-state index contributed by atoms with van der Waals surface area (Å²) in [6, 6.07) is 0. The van der Waals surface area contributed by atoms with Crippen molar-refractivity contribution >= 4 is 34.4 Å². The maximum Gasteiger partial charge on any atom is 0.0421 e. The molecule has 1 aliphatic rings. The smallest absolute Gasteiger partial charge is 0.0421 e. The summed E-state index contributed by atoms with van der Waals surface area (Å²) in [5, 5.41) is 4.17. The van der Waals surface area contributed by atoms with Crippen molar-refractivity contribution in [2.24, 2.45) is 0 Å². The Balaban J connectivity index is 2.14. The van der Waals surface area contributed by atoms with E-state index in [1.54, 1.807) is 0 Å². The SMILES string of the molecule is ICC1CNCS1. The Labute approximate surface area is 61.8 Å². The molecular formula is C4H8INS. The topological polar surface area (TPSA) is 12.0 Å². The summed E-state index contributed by atoms with van der Waals surface area (Å²) in [5.41, 5.74) is 0. The maximum absolute atomic E-state index is 3.28. The highest BCUT2D eigenvalue weighted by Crippen LogP contribution is 2.15. The summed E-state index contributed by atoms with van der Waals surface area (Å²) in [7, 11) is 0. The molecule has 7 heavy (non-hydrogen) atoms. The Morgan fingerprint density at radius 3 is 3.00 bits per heavy atom. The van der Waals surface area contributed by atoms with E-state index in [4.69, 9.17) is 0 Å². The van der Waals surface area contributed by atoms with Crippen molar-refractivity contribution in [3.05, 3.63) is 0 Å². The molecule has 0 aromatic carbocycles. The molecule has 1 aliphatic heterocycles. The molecule has 1 rings (SSSR count). The largest absolute Gasteiger partial charge is 0.307 e. The van der Waals surface area contributed by atoms with Crippen LogP contribution in [-0.2, 0) is 0 Å². The van der Waals surface area contributed by atoms with Crippen molar-refractivity contribution in [2.75, 3.05) is 16.8 Å². The molecule has 0 amide bonds. The van der Waals surface area contributed by atoms with E-state index < -0.39 is 0 Å². The lowest BCUT2D eigenvalue weighted by Crippen LogP contribution is -2.12. The third kappa shape index (κ3) is 1.77. The summed E-state index contributed by atoms with van der Waals surface area (Å²) in [4.78, 5) is 0. The average Bonchev–Trinajstić information content (AvgIpc) is 2.14. The van der Waals surface area contributed by atoms with Gasteiger partial charge in [0.25, 0.3) is 0 Å². The van der Waals surface area contributed by atoms with E-state index in [0.717, 1.165) is 11.1 Å². The number of halogens is 1. The highest BCUT2D eigenvalue weighted by molar-refractivity contribution is 14.1. The molecule has 42 valence electrons. The van der Waals surface area contributed by atoms with E-state index in [-0.39, 0.29) is 0 Å². The molecule has 1 saturated heterocycles. The number of hydrogen-bond donors (Lipinski definition) is 1. The number of thioether (sulfide) groups is 1. The lowest BCUT2D eigenvalue weighted by atomic mass is 10.5. The quantitative estimate of drug-likeness (QED) is 0.533. The van der Waals surface area contributed by atoms with Crippen molar-refractivity contribution in [1.29, 1.82) is 0 Å². The first-order chi connectivity index (χ1) is 3.43. The zero-order chi connectivity index (χ0) is 5.11. The molecule has 0 aliphatic carbocycles. The van der Waals surface area contributed by atoms with Crippen molar-refractivity contribution in [3.8, 4) is 0 Å². The van der Waals surface area contributed by atoms with Crippen LogP contribution in [0.25, 0.3) is 0 Å². The molecule has 1 fully saturated rings. The summed E-state index contributed by atoms with van der Waals surface area (Å²) >= 11 is 4.45. The van der Waals surface area contributed by atoms with Gasteiger partial charge in [-0.25, -0.2) is 0 Å². The summed E-state index contributed by atoms with van der Waals surface area (Å²) in [5.74, 6) is 1.16. The summed E-state index contributed by atoms with van der Waals surface area (Å²) in [6.45, 7) is 1.22. The number of rotatable bonds is 1. The van der Waals surface area contributed by atoms with Gasteiger partial charge in [0.05, 0.1) is 0 Å². The van der Waals surface area contributed by atoms with Crippen LogP contribution in [0, 0.1) is 0 Å². The third-order valence-corrected chi connectivity index (χ3v) is 3.80. The van der Waals surface area contributed by atoms with E-state index in [0.29, 0.717) is 0 Å². The molecule has 0 aromatic heterocycles. The predicted molar refractivity (Wildman–Crippen MR) is 43.1 cm³/mol. The molecule has 0 bridgehead atoms. The fraction of sp³-hybridized carbons (Fsp3) is 1.00. The minimum absolute atomic E-state index is 0.889. The van der Waals surface area contributed by atoms with Gasteiger partial charge in [0.1, 0.15) is 0 Å². The van der Waals surface area contributed by atoms with Crippen LogP contribution in [0.4, 0.5) is 0 Å². The maximum atomic E-state index is 3.28. The Hall–Kier alpha value is 1.04. The van der Waals surface area contributed by atoms with Gasteiger partial charge in [0.15, 0.2) is 0 Å². The molecule has 0 aromatic rings. The minimum atomic E-state index is 0.889. The van der Waals surface area contributed by atoms with E-state index in [2.05, 4.69) is 27.9 Å². The van der Waals surface area contributed by atoms with Crippen LogP contribution in [0.2, 0.25) is 0 Å². The van der Waals surface area contributed by atoms with E-state index in [1.165, 1.54) is 11.0 Å². The van der Waals surface area contributed by atoms with Gasteiger partial charge in [0.2, 0.25) is 0 Å². The number of nitrogens with one attached hydrogen (secondary N) is 1. The molecule has 0 saturated carbocycles. The Kier molecular flexibility index (Phi) is 2.77. The fourth-order valence-corrected chi connectivity index (χ4v) is 2.43. The van der Waals surface area contributed by atoms with Crippen LogP contribution >= 0.6 is 34.4 Å². The summed E-state index contributed by atoms with van der Waals surface area (Å²) < 4.78 is 1.29. The second kappa shape index (κ2) is 3.14. The molecule has 1 nitrogen and oxygen atoms in total. The summed E-state index contributed by atoms with van der Waals surface area (Å²) in [6.07, 6.45) is 0. The first-order valence-electron chi connectivity index (χ1n) is 2.32. The Morgan fingerprint density at radius 1 is 1.86 bits per heavy atom. The minimum Gasteiger partial charge on any atom is -0.307 e. The van der Waals surface area contributed by atoms with Gasteiger partial charge < -0.3 is 5.32 Å². The second-order valence-corrected chi connectivity index (χ2v) is 3.71. The van der Waals surface area contributed by atoms with Crippen LogP contribution in [-0.4, -0.2) is 22.1 Å². The van der Waals surface area contributed by atoms with Crippen LogP contribution in [0.15, 0.2) is 0 Å². The second-order valence-electron chi connectivity index (χ2n) is 1.54. The number of hydrogen-bond acceptors (Lipinski definition) is 2. The average molecular weight is 229 g/mol. The van der Waals surface area contributed by atoms with Crippen molar-refractivity contribution in [3.63, 3.8) is 0 Å². The van der Waals surface area contributed by atoms with Gasteiger partial charge >= 0.3 is 0 Å². The molecule has 1 atom stereocenters. The van der Waals surface area contributed by atoms with Crippen LogP contribution in [0.3, 0.4) is 0 Å². The van der Waals surface area contributed by atoms with Crippen molar-refractivity contribution in [2.45, 2.75) is 5.25 Å². The van der Waals surface area contributed by atoms with Gasteiger partial charge in [-0.3, -0.25) is 0 Å². The highest BCUT2D eigenvalue weighted by atomic mass is 127. The van der Waals surface area contributed by atoms with Crippen molar-refractivity contribution < 1.29 is 0 Å². The number of alkyl halides is 1. The van der Waals surface area contributed by atoms with Gasteiger partial charge in [-0.2, -0.15) is 0 Å². The first kappa shape index (κ1) is 6.16.